The lowest BCUT2D eigenvalue weighted by molar-refractivity contribution is -0.126. The SMILES string of the molecule is COc1cc(S(=O)(=O)N2CCC[C@H](C(=O)NCc3ccco3)C2)ccc1-n1cnnn1. The van der Waals surface area contributed by atoms with Gasteiger partial charge in [-0.05, 0) is 47.5 Å². The maximum Gasteiger partial charge on any atom is 0.243 e. The molecule has 4 rings (SSSR count). The van der Waals surface area contributed by atoms with Gasteiger partial charge in [0.2, 0.25) is 15.9 Å². The van der Waals surface area contributed by atoms with E-state index in [1.165, 1.54) is 40.8 Å². The van der Waals surface area contributed by atoms with Gasteiger partial charge in [0.15, 0.2) is 0 Å². The quantitative estimate of drug-likeness (QED) is 0.568. The Kier molecular flexibility index (Phi) is 6.00. The molecule has 164 valence electrons. The Morgan fingerprint density at radius 3 is 2.94 bits per heavy atom. The fourth-order valence-corrected chi connectivity index (χ4v) is 5.07. The number of aromatic nitrogens is 4. The second kappa shape index (κ2) is 8.86. The van der Waals surface area contributed by atoms with Gasteiger partial charge in [0.05, 0.1) is 30.7 Å². The highest BCUT2D eigenvalue weighted by Gasteiger charge is 2.33. The zero-order valence-corrected chi connectivity index (χ0v) is 17.7. The first-order chi connectivity index (χ1) is 15.0. The largest absolute Gasteiger partial charge is 0.494 e. The number of hydrogen-bond donors (Lipinski definition) is 1. The topological polar surface area (TPSA) is 132 Å². The maximum atomic E-state index is 13.2. The highest BCUT2D eigenvalue weighted by Crippen LogP contribution is 2.29. The first kappa shape index (κ1) is 21.0. The molecule has 0 unspecified atom stereocenters. The molecule has 2 aromatic heterocycles. The van der Waals surface area contributed by atoms with E-state index in [1.807, 2.05) is 0 Å². The number of tetrazole rings is 1. The van der Waals surface area contributed by atoms with Gasteiger partial charge in [0.1, 0.15) is 23.5 Å². The highest BCUT2D eigenvalue weighted by atomic mass is 32.2. The molecule has 11 nitrogen and oxygen atoms in total. The Morgan fingerprint density at radius 2 is 2.23 bits per heavy atom. The third-order valence-corrected chi connectivity index (χ3v) is 7.02. The molecule has 1 amide bonds. The Balaban J connectivity index is 1.49. The number of ether oxygens (including phenoxy) is 1. The van der Waals surface area contributed by atoms with E-state index < -0.39 is 15.9 Å². The second-order valence-electron chi connectivity index (χ2n) is 7.09. The minimum absolute atomic E-state index is 0.0813. The second-order valence-corrected chi connectivity index (χ2v) is 9.03. The van der Waals surface area contributed by atoms with Gasteiger partial charge in [0, 0.05) is 19.2 Å². The number of nitrogens with one attached hydrogen (secondary N) is 1. The van der Waals surface area contributed by atoms with Gasteiger partial charge >= 0.3 is 0 Å². The van der Waals surface area contributed by atoms with Gasteiger partial charge in [-0.3, -0.25) is 4.79 Å². The molecule has 31 heavy (non-hydrogen) atoms. The molecule has 0 aliphatic carbocycles. The average molecular weight is 446 g/mol. The summed E-state index contributed by atoms with van der Waals surface area (Å²) >= 11 is 0. The van der Waals surface area contributed by atoms with Crippen LogP contribution in [0.4, 0.5) is 0 Å². The molecule has 0 saturated carbocycles. The molecule has 1 aliphatic rings. The van der Waals surface area contributed by atoms with E-state index in [-0.39, 0.29) is 23.9 Å². The molecule has 3 aromatic rings. The van der Waals surface area contributed by atoms with E-state index in [0.717, 1.165) is 0 Å². The average Bonchev–Trinajstić information content (AvgIpc) is 3.51. The van der Waals surface area contributed by atoms with Crippen molar-refractivity contribution in [1.82, 2.24) is 29.8 Å². The number of rotatable bonds is 7. The smallest absolute Gasteiger partial charge is 0.243 e. The van der Waals surface area contributed by atoms with Crippen LogP contribution < -0.4 is 10.1 Å². The van der Waals surface area contributed by atoms with E-state index >= 15 is 0 Å². The van der Waals surface area contributed by atoms with Crippen molar-refractivity contribution in [1.29, 1.82) is 0 Å². The number of hydrogen-bond acceptors (Lipinski definition) is 8. The van der Waals surface area contributed by atoms with Crippen LogP contribution in [0.2, 0.25) is 0 Å². The van der Waals surface area contributed by atoms with Gasteiger partial charge in [-0.25, -0.2) is 8.42 Å². The summed E-state index contributed by atoms with van der Waals surface area (Å²) in [6, 6.07) is 8.02. The van der Waals surface area contributed by atoms with E-state index in [0.29, 0.717) is 36.6 Å². The van der Waals surface area contributed by atoms with Gasteiger partial charge in [0.25, 0.3) is 0 Å². The molecule has 1 saturated heterocycles. The number of carbonyl (C=O) groups is 1. The molecule has 1 atom stereocenters. The zero-order chi connectivity index (χ0) is 21.8. The first-order valence-corrected chi connectivity index (χ1v) is 11.1. The molecule has 12 heteroatoms. The van der Waals surface area contributed by atoms with Gasteiger partial charge in [-0.2, -0.15) is 8.99 Å². The molecule has 0 bridgehead atoms. The minimum Gasteiger partial charge on any atom is -0.494 e. The van der Waals surface area contributed by atoms with Gasteiger partial charge in [-0.15, -0.1) is 5.10 Å². The molecule has 3 heterocycles. The van der Waals surface area contributed by atoms with Crippen LogP contribution in [0.5, 0.6) is 5.75 Å². The molecule has 1 N–H and O–H groups in total. The van der Waals surface area contributed by atoms with Crippen molar-refractivity contribution < 1.29 is 22.4 Å². The van der Waals surface area contributed by atoms with E-state index in [2.05, 4.69) is 20.8 Å². The third kappa shape index (κ3) is 4.44. The standard InChI is InChI=1S/C19H22N6O5S/c1-29-18-10-16(6-7-17(18)25-13-21-22-23-25)31(27,28)24-8-2-4-14(12-24)19(26)20-11-15-5-3-9-30-15/h3,5-7,9-10,13-14H,2,4,8,11-12H2,1H3,(H,20,26)/t14-/m0/s1. The Morgan fingerprint density at radius 1 is 1.35 bits per heavy atom. The number of sulfonamides is 1. The van der Waals surface area contributed by atoms with Crippen molar-refractivity contribution in [2.45, 2.75) is 24.3 Å². The zero-order valence-electron chi connectivity index (χ0n) is 16.8. The van der Waals surface area contributed by atoms with Crippen molar-refractivity contribution in [2.75, 3.05) is 20.2 Å². The molecule has 0 spiro atoms. The Hall–Kier alpha value is -3.25. The summed E-state index contributed by atoms with van der Waals surface area (Å²) in [5.74, 6) is 0.338. The summed E-state index contributed by atoms with van der Waals surface area (Å²) < 4.78 is 39.8. The van der Waals surface area contributed by atoms with E-state index in [4.69, 9.17) is 9.15 Å². The van der Waals surface area contributed by atoms with Crippen LogP contribution in [-0.4, -0.2) is 59.0 Å². The van der Waals surface area contributed by atoms with Crippen LogP contribution in [0.15, 0.2) is 52.2 Å². The number of amides is 1. The molecular formula is C19H22N6O5S. The van der Waals surface area contributed by atoms with Crippen LogP contribution in [0, 0.1) is 5.92 Å². The predicted molar refractivity (Wildman–Crippen MR) is 108 cm³/mol. The predicted octanol–water partition coefficient (Wildman–Crippen LogP) is 0.981. The van der Waals surface area contributed by atoms with Crippen LogP contribution in [-0.2, 0) is 21.4 Å². The molecule has 0 radical (unpaired) electrons. The molecule has 1 aromatic carbocycles. The first-order valence-electron chi connectivity index (χ1n) is 9.70. The number of benzene rings is 1. The Labute approximate surface area is 179 Å². The Bertz CT molecular complexity index is 1130. The third-order valence-electron chi connectivity index (χ3n) is 5.16. The molecule has 1 fully saturated rings. The van der Waals surface area contributed by atoms with Crippen molar-refractivity contribution in [2.24, 2.45) is 5.92 Å². The van der Waals surface area contributed by atoms with Crippen LogP contribution in [0.1, 0.15) is 18.6 Å². The fourth-order valence-electron chi connectivity index (χ4n) is 3.53. The summed E-state index contributed by atoms with van der Waals surface area (Å²) in [5, 5.41) is 13.8. The normalized spacial score (nSPS) is 17.4. The van der Waals surface area contributed by atoms with Gasteiger partial charge in [-0.1, -0.05) is 0 Å². The maximum absolute atomic E-state index is 13.2. The van der Waals surface area contributed by atoms with Crippen LogP contribution in [0.3, 0.4) is 0 Å². The van der Waals surface area contributed by atoms with Crippen molar-refractivity contribution in [3.8, 4) is 11.4 Å². The minimum atomic E-state index is -3.81. The fraction of sp³-hybridized carbons (Fsp3) is 0.368. The number of piperidine rings is 1. The summed E-state index contributed by atoms with van der Waals surface area (Å²) in [7, 11) is -2.37. The number of carbonyl (C=O) groups excluding carboxylic acids is 1. The summed E-state index contributed by atoms with van der Waals surface area (Å²) in [4.78, 5) is 12.6. The lowest BCUT2D eigenvalue weighted by Gasteiger charge is -2.31. The van der Waals surface area contributed by atoms with Crippen molar-refractivity contribution >= 4 is 15.9 Å². The summed E-state index contributed by atoms with van der Waals surface area (Å²) in [5.41, 5.74) is 0.514. The summed E-state index contributed by atoms with van der Waals surface area (Å²) in [6.07, 6.45) is 4.15. The molecule has 1 aliphatic heterocycles. The van der Waals surface area contributed by atoms with Crippen molar-refractivity contribution in [3.63, 3.8) is 0 Å². The molecular weight excluding hydrogens is 424 g/mol. The summed E-state index contributed by atoms with van der Waals surface area (Å²) in [6.45, 7) is 0.732. The lowest BCUT2D eigenvalue weighted by Crippen LogP contribution is -2.45. The monoisotopic (exact) mass is 446 g/mol. The van der Waals surface area contributed by atoms with Gasteiger partial charge < -0.3 is 14.5 Å². The van der Waals surface area contributed by atoms with Crippen LogP contribution in [0.25, 0.3) is 5.69 Å². The van der Waals surface area contributed by atoms with E-state index in [9.17, 15) is 13.2 Å². The number of methoxy groups -OCH3 is 1. The van der Waals surface area contributed by atoms with E-state index in [1.54, 1.807) is 18.2 Å². The lowest BCUT2D eigenvalue weighted by atomic mass is 9.99. The number of nitrogens with zero attached hydrogens (tertiary/aromatic N) is 5. The van der Waals surface area contributed by atoms with Crippen LogP contribution >= 0.6 is 0 Å². The number of furan rings is 1. The highest BCUT2D eigenvalue weighted by molar-refractivity contribution is 7.89. The van der Waals surface area contributed by atoms with Crippen molar-refractivity contribution in [3.05, 3.63) is 48.7 Å².